The maximum atomic E-state index is 9.86. The third kappa shape index (κ3) is 5.89. The van der Waals surface area contributed by atoms with Crippen LogP contribution < -0.4 is 20.1 Å². The third-order valence-corrected chi connectivity index (χ3v) is 2.66. The first kappa shape index (κ1) is 20.2. The van der Waals surface area contributed by atoms with Gasteiger partial charge in [0.15, 0.2) is 17.5 Å². The van der Waals surface area contributed by atoms with Gasteiger partial charge in [0.2, 0.25) is 5.75 Å². The standard InChI is InChI=1S/C15H21N3O3.HI/c1-5-7-17-15(16-6-2)18-10-11-8-12(20-3)14(19)13(9-11)21-4;/h1,8-9,19H,6-7,10H2,2-4H3,(H2,16,17,18);1H. The van der Waals surface area contributed by atoms with Crippen LogP contribution in [-0.4, -0.2) is 38.4 Å². The minimum Gasteiger partial charge on any atom is -0.502 e. The predicted octanol–water partition coefficient (Wildman–Crippen LogP) is 1.72. The van der Waals surface area contributed by atoms with E-state index in [0.717, 1.165) is 12.1 Å². The van der Waals surface area contributed by atoms with Crippen LogP contribution in [0.15, 0.2) is 17.1 Å². The molecule has 122 valence electrons. The normalized spacial score (nSPS) is 10.2. The van der Waals surface area contributed by atoms with E-state index in [-0.39, 0.29) is 29.7 Å². The molecule has 0 bridgehead atoms. The number of hydrogen-bond acceptors (Lipinski definition) is 4. The molecule has 0 spiro atoms. The Morgan fingerprint density at radius 1 is 1.27 bits per heavy atom. The molecule has 0 saturated heterocycles. The molecule has 0 aliphatic carbocycles. The highest BCUT2D eigenvalue weighted by molar-refractivity contribution is 14.0. The molecule has 0 atom stereocenters. The zero-order valence-corrected chi connectivity index (χ0v) is 15.3. The number of phenols is 1. The predicted molar refractivity (Wildman–Crippen MR) is 98.3 cm³/mol. The van der Waals surface area contributed by atoms with Crippen molar-refractivity contribution in [2.75, 3.05) is 27.3 Å². The Kier molecular flexibility index (Phi) is 9.95. The zero-order chi connectivity index (χ0) is 15.7. The van der Waals surface area contributed by atoms with E-state index in [2.05, 4.69) is 21.5 Å². The van der Waals surface area contributed by atoms with Crippen molar-refractivity contribution in [2.24, 2.45) is 4.99 Å². The molecule has 0 aromatic heterocycles. The lowest BCUT2D eigenvalue weighted by Gasteiger charge is -2.11. The number of rotatable bonds is 6. The quantitative estimate of drug-likeness (QED) is 0.284. The van der Waals surface area contributed by atoms with Crippen LogP contribution in [0.25, 0.3) is 0 Å². The number of nitrogens with zero attached hydrogens (tertiary/aromatic N) is 1. The second-order valence-electron chi connectivity index (χ2n) is 4.10. The van der Waals surface area contributed by atoms with E-state index in [1.54, 1.807) is 12.1 Å². The minimum atomic E-state index is -0.0231. The number of guanidine groups is 1. The molecular weight excluding hydrogens is 397 g/mol. The molecule has 3 N–H and O–H groups in total. The minimum absolute atomic E-state index is 0. The van der Waals surface area contributed by atoms with Gasteiger partial charge in [-0.25, -0.2) is 4.99 Å². The highest BCUT2D eigenvalue weighted by atomic mass is 127. The lowest BCUT2D eigenvalue weighted by molar-refractivity contribution is 0.339. The number of ether oxygens (including phenoxy) is 2. The fourth-order valence-corrected chi connectivity index (χ4v) is 1.69. The van der Waals surface area contributed by atoms with Crippen molar-refractivity contribution < 1.29 is 14.6 Å². The Hall–Kier alpha value is -1.82. The molecule has 1 aromatic rings. The van der Waals surface area contributed by atoms with Crippen LogP contribution >= 0.6 is 24.0 Å². The Morgan fingerprint density at radius 3 is 2.32 bits per heavy atom. The Labute approximate surface area is 148 Å². The van der Waals surface area contributed by atoms with E-state index in [0.29, 0.717) is 30.5 Å². The second kappa shape index (κ2) is 10.8. The van der Waals surface area contributed by atoms with Crippen molar-refractivity contribution in [1.29, 1.82) is 0 Å². The molecule has 0 aliphatic heterocycles. The largest absolute Gasteiger partial charge is 0.502 e. The Bertz CT molecular complexity index is 516. The molecule has 1 aromatic carbocycles. The van der Waals surface area contributed by atoms with E-state index < -0.39 is 0 Å². The molecule has 0 heterocycles. The number of methoxy groups -OCH3 is 2. The summed E-state index contributed by atoms with van der Waals surface area (Å²) in [4.78, 5) is 4.41. The van der Waals surface area contributed by atoms with Gasteiger partial charge < -0.3 is 25.2 Å². The first-order valence-electron chi connectivity index (χ1n) is 6.55. The van der Waals surface area contributed by atoms with Crippen molar-refractivity contribution in [2.45, 2.75) is 13.5 Å². The number of halogens is 1. The lowest BCUT2D eigenvalue weighted by atomic mass is 10.2. The van der Waals surface area contributed by atoms with Crippen LogP contribution in [0.2, 0.25) is 0 Å². The first-order valence-corrected chi connectivity index (χ1v) is 6.55. The molecule has 22 heavy (non-hydrogen) atoms. The number of hydrogen-bond donors (Lipinski definition) is 3. The van der Waals surface area contributed by atoms with Crippen LogP contribution in [0.4, 0.5) is 0 Å². The van der Waals surface area contributed by atoms with Crippen LogP contribution in [0, 0.1) is 12.3 Å². The molecule has 0 aliphatic rings. The molecule has 0 radical (unpaired) electrons. The summed E-state index contributed by atoms with van der Waals surface area (Å²) < 4.78 is 10.2. The summed E-state index contributed by atoms with van der Waals surface area (Å²) in [7, 11) is 2.97. The van der Waals surface area contributed by atoms with Crippen LogP contribution in [-0.2, 0) is 6.54 Å². The molecule has 7 heteroatoms. The van der Waals surface area contributed by atoms with Crippen molar-refractivity contribution in [3.05, 3.63) is 17.7 Å². The molecule has 0 fully saturated rings. The van der Waals surface area contributed by atoms with Crippen molar-refractivity contribution in [3.63, 3.8) is 0 Å². The Balaban J connectivity index is 0.00000441. The highest BCUT2D eigenvalue weighted by Crippen LogP contribution is 2.37. The van der Waals surface area contributed by atoms with Gasteiger partial charge in [-0.1, -0.05) is 5.92 Å². The molecule has 0 amide bonds. The average molecular weight is 419 g/mol. The smallest absolute Gasteiger partial charge is 0.200 e. The molecule has 0 unspecified atom stereocenters. The number of aromatic hydroxyl groups is 1. The van der Waals surface area contributed by atoms with Gasteiger partial charge in [0.25, 0.3) is 0 Å². The molecule has 0 saturated carbocycles. The maximum absolute atomic E-state index is 9.86. The van der Waals surface area contributed by atoms with Crippen LogP contribution in [0.3, 0.4) is 0 Å². The maximum Gasteiger partial charge on any atom is 0.200 e. The van der Waals surface area contributed by atoms with Crippen LogP contribution in [0.5, 0.6) is 17.2 Å². The third-order valence-electron chi connectivity index (χ3n) is 2.66. The number of aliphatic imine (C=N–C) groups is 1. The highest BCUT2D eigenvalue weighted by Gasteiger charge is 2.11. The fourth-order valence-electron chi connectivity index (χ4n) is 1.69. The summed E-state index contributed by atoms with van der Waals surface area (Å²) in [5.41, 5.74) is 0.847. The van der Waals surface area contributed by atoms with Gasteiger partial charge in [0.05, 0.1) is 27.3 Å². The summed E-state index contributed by atoms with van der Waals surface area (Å²) >= 11 is 0. The monoisotopic (exact) mass is 419 g/mol. The van der Waals surface area contributed by atoms with E-state index in [1.165, 1.54) is 14.2 Å². The van der Waals surface area contributed by atoms with E-state index in [1.807, 2.05) is 6.92 Å². The van der Waals surface area contributed by atoms with Crippen molar-refractivity contribution in [3.8, 4) is 29.6 Å². The van der Waals surface area contributed by atoms with Gasteiger partial charge in [-0.15, -0.1) is 30.4 Å². The number of benzene rings is 1. The van der Waals surface area contributed by atoms with E-state index in [4.69, 9.17) is 15.9 Å². The first-order chi connectivity index (χ1) is 10.2. The number of phenolic OH excluding ortho intramolecular Hbond substituents is 1. The van der Waals surface area contributed by atoms with Gasteiger partial charge in [-0.05, 0) is 24.6 Å². The van der Waals surface area contributed by atoms with E-state index >= 15 is 0 Å². The van der Waals surface area contributed by atoms with E-state index in [9.17, 15) is 5.11 Å². The van der Waals surface area contributed by atoms with Gasteiger partial charge in [-0.2, -0.15) is 0 Å². The van der Waals surface area contributed by atoms with Gasteiger partial charge >= 0.3 is 0 Å². The van der Waals surface area contributed by atoms with Crippen molar-refractivity contribution in [1.82, 2.24) is 10.6 Å². The van der Waals surface area contributed by atoms with Gasteiger partial charge in [0.1, 0.15) is 0 Å². The summed E-state index contributed by atoms with van der Waals surface area (Å²) in [6.45, 7) is 3.50. The summed E-state index contributed by atoms with van der Waals surface area (Å²) in [6.07, 6.45) is 5.22. The fraction of sp³-hybridized carbons (Fsp3) is 0.400. The number of nitrogens with one attached hydrogen (secondary N) is 2. The lowest BCUT2D eigenvalue weighted by Crippen LogP contribution is -2.37. The van der Waals surface area contributed by atoms with Crippen LogP contribution in [0.1, 0.15) is 12.5 Å². The molecule has 1 rings (SSSR count). The summed E-state index contributed by atoms with van der Waals surface area (Å²) in [5, 5.41) is 15.9. The molecule has 6 nitrogen and oxygen atoms in total. The zero-order valence-electron chi connectivity index (χ0n) is 13.0. The topological polar surface area (TPSA) is 75.1 Å². The molecular formula is C15H22IN3O3. The Morgan fingerprint density at radius 2 is 1.86 bits per heavy atom. The second-order valence-corrected chi connectivity index (χ2v) is 4.10. The summed E-state index contributed by atoms with van der Waals surface area (Å²) in [6, 6.07) is 3.43. The summed E-state index contributed by atoms with van der Waals surface area (Å²) in [5.74, 6) is 3.79. The average Bonchev–Trinajstić information content (AvgIpc) is 2.51. The van der Waals surface area contributed by atoms with Crippen molar-refractivity contribution >= 4 is 29.9 Å². The van der Waals surface area contributed by atoms with Gasteiger partial charge in [0, 0.05) is 6.54 Å². The SMILES string of the molecule is C#CCNC(=NCc1cc(OC)c(O)c(OC)c1)NCC.I. The van der Waals surface area contributed by atoms with Gasteiger partial charge in [-0.3, -0.25) is 0 Å². The number of terminal acetylenes is 1.